The number of carbonyl (C=O) groups is 1. The lowest BCUT2D eigenvalue weighted by Gasteiger charge is -2.11. The zero-order valence-electron chi connectivity index (χ0n) is 19.7. The van der Waals surface area contributed by atoms with Crippen molar-refractivity contribution in [2.24, 2.45) is 5.92 Å². The van der Waals surface area contributed by atoms with Crippen molar-refractivity contribution in [3.8, 4) is 33.9 Å². The molecule has 6 aromatic heterocycles. The third-order valence-corrected chi connectivity index (χ3v) is 7.59. The molecular formula is C27H22N8OS. The summed E-state index contributed by atoms with van der Waals surface area (Å²) in [6.45, 7) is 0. The van der Waals surface area contributed by atoms with Gasteiger partial charge in [0, 0.05) is 46.6 Å². The lowest BCUT2D eigenvalue weighted by atomic mass is 10.1. The standard InChI is InChI=1S/C27H22N8OS/c36-27(15-3-1-2-4-15)31-19-9-17(11-28-13-19)18-10-20-23(34-35-25(20)30-12-18)26-32-21-5-7-29-22(24(21)33-26)16-6-8-37-14-16/h5-15H,1-4H2,(H,31,36)(H,32,33)(H,30,34,35). The molecule has 0 spiro atoms. The fraction of sp³-hybridized carbons (Fsp3) is 0.185. The first kappa shape index (κ1) is 21.8. The van der Waals surface area contributed by atoms with E-state index in [0.717, 1.165) is 70.2 Å². The van der Waals surface area contributed by atoms with Crippen molar-refractivity contribution in [1.82, 2.24) is 35.1 Å². The van der Waals surface area contributed by atoms with E-state index in [2.05, 4.69) is 40.8 Å². The average molecular weight is 507 g/mol. The van der Waals surface area contributed by atoms with E-state index in [9.17, 15) is 4.79 Å². The van der Waals surface area contributed by atoms with E-state index in [1.54, 1.807) is 36.1 Å². The van der Waals surface area contributed by atoms with Crippen LogP contribution in [0.1, 0.15) is 25.7 Å². The van der Waals surface area contributed by atoms with Crippen LogP contribution in [0.5, 0.6) is 0 Å². The van der Waals surface area contributed by atoms with Crippen molar-refractivity contribution in [3.63, 3.8) is 0 Å². The number of anilines is 1. The fourth-order valence-corrected chi connectivity index (χ4v) is 5.64. The molecule has 0 bridgehead atoms. The molecule has 1 aliphatic rings. The number of imidazole rings is 1. The van der Waals surface area contributed by atoms with Gasteiger partial charge in [0.15, 0.2) is 11.5 Å². The van der Waals surface area contributed by atoms with Gasteiger partial charge >= 0.3 is 0 Å². The Kier molecular flexibility index (Phi) is 5.24. The van der Waals surface area contributed by atoms with Crippen molar-refractivity contribution in [1.29, 1.82) is 0 Å². The molecular weight excluding hydrogens is 484 g/mol. The van der Waals surface area contributed by atoms with Crippen molar-refractivity contribution in [3.05, 3.63) is 59.8 Å². The summed E-state index contributed by atoms with van der Waals surface area (Å²) in [6, 6.07) is 7.91. The quantitative estimate of drug-likeness (QED) is 0.271. The van der Waals surface area contributed by atoms with E-state index in [4.69, 9.17) is 4.98 Å². The molecule has 37 heavy (non-hydrogen) atoms. The van der Waals surface area contributed by atoms with Gasteiger partial charge in [-0.3, -0.25) is 19.9 Å². The highest BCUT2D eigenvalue weighted by molar-refractivity contribution is 7.08. The molecule has 6 heterocycles. The number of amides is 1. The lowest BCUT2D eigenvalue weighted by molar-refractivity contribution is -0.119. The van der Waals surface area contributed by atoms with Gasteiger partial charge in [-0.05, 0) is 42.5 Å². The summed E-state index contributed by atoms with van der Waals surface area (Å²) >= 11 is 1.63. The molecule has 0 radical (unpaired) electrons. The number of pyridine rings is 3. The zero-order chi connectivity index (χ0) is 24.8. The average Bonchev–Trinajstić information content (AvgIpc) is 3.74. The number of fused-ring (bicyclic) bond motifs is 2. The molecule has 1 saturated carbocycles. The van der Waals surface area contributed by atoms with E-state index in [1.165, 1.54) is 0 Å². The highest BCUT2D eigenvalue weighted by atomic mass is 32.1. The Morgan fingerprint density at radius 2 is 1.92 bits per heavy atom. The van der Waals surface area contributed by atoms with Crippen molar-refractivity contribution in [2.45, 2.75) is 25.7 Å². The maximum atomic E-state index is 12.6. The van der Waals surface area contributed by atoms with Crippen LogP contribution in [0.25, 0.3) is 56.0 Å². The second kappa shape index (κ2) is 8.90. The number of aromatic amines is 2. The largest absolute Gasteiger partial charge is 0.337 e. The molecule has 0 saturated heterocycles. The van der Waals surface area contributed by atoms with Gasteiger partial charge in [0.05, 0.1) is 28.5 Å². The minimum absolute atomic E-state index is 0.0725. The molecule has 182 valence electrons. The Morgan fingerprint density at radius 3 is 2.78 bits per heavy atom. The van der Waals surface area contributed by atoms with Gasteiger partial charge in [-0.15, -0.1) is 0 Å². The number of rotatable bonds is 5. The maximum absolute atomic E-state index is 12.6. The third-order valence-electron chi connectivity index (χ3n) is 6.91. The SMILES string of the molecule is O=C(Nc1cncc(-c2cnc3n[nH]c(-c4nc5c(-c6ccsc6)nccc5[nH]4)c3c2)c1)C1CCCC1. The topological polar surface area (TPSA) is 125 Å². The zero-order valence-corrected chi connectivity index (χ0v) is 20.5. The molecule has 0 unspecified atom stereocenters. The van der Waals surface area contributed by atoms with Crippen LogP contribution in [0.2, 0.25) is 0 Å². The van der Waals surface area contributed by atoms with Crippen molar-refractivity contribution in [2.75, 3.05) is 5.32 Å². The molecule has 0 aliphatic heterocycles. The Hall–Kier alpha value is -4.44. The maximum Gasteiger partial charge on any atom is 0.227 e. The van der Waals surface area contributed by atoms with E-state index in [1.807, 2.05) is 29.6 Å². The first-order chi connectivity index (χ1) is 18.2. The van der Waals surface area contributed by atoms with Crippen LogP contribution in [0.4, 0.5) is 5.69 Å². The Balaban J connectivity index is 1.25. The van der Waals surface area contributed by atoms with Gasteiger partial charge in [-0.1, -0.05) is 12.8 Å². The first-order valence-corrected chi connectivity index (χ1v) is 13.2. The molecule has 9 nitrogen and oxygen atoms in total. The number of hydrogen-bond donors (Lipinski definition) is 3. The molecule has 1 aliphatic carbocycles. The number of aromatic nitrogens is 7. The summed E-state index contributed by atoms with van der Waals surface area (Å²) in [5.74, 6) is 0.828. The summed E-state index contributed by atoms with van der Waals surface area (Å²) in [5.41, 5.74) is 7.34. The van der Waals surface area contributed by atoms with Crippen molar-refractivity contribution >= 4 is 45.0 Å². The second-order valence-corrected chi connectivity index (χ2v) is 10.1. The van der Waals surface area contributed by atoms with Gasteiger partial charge < -0.3 is 10.3 Å². The molecule has 0 atom stereocenters. The molecule has 6 aromatic rings. The van der Waals surface area contributed by atoms with Gasteiger partial charge in [-0.2, -0.15) is 16.4 Å². The summed E-state index contributed by atoms with van der Waals surface area (Å²) in [5, 5.41) is 15.5. The minimum atomic E-state index is 0.0725. The van der Waals surface area contributed by atoms with Gasteiger partial charge in [0.25, 0.3) is 0 Å². The molecule has 1 fully saturated rings. The molecule has 3 N–H and O–H groups in total. The monoisotopic (exact) mass is 506 g/mol. The highest BCUT2D eigenvalue weighted by Gasteiger charge is 2.23. The van der Waals surface area contributed by atoms with Crippen LogP contribution in [-0.4, -0.2) is 41.0 Å². The van der Waals surface area contributed by atoms with Gasteiger partial charge in [0.2, 0.25) is 5.91 Å². The highest BCUT2D eigenvalue weighted by Crippen LogP contribution is 2.32. The number of nitrogens with one attached hydrogen (secondary N) is 3. The fourth-order valence-electron chi connectivity index (χ4n) is 5.00. The predicted octanol–water partition coefficient (Wildman–Crippen LogP) is 5.82. The van der Waals surface area contributed by atoms with Crippen LogP contribution < -0.4 is 5.32 Å². The van der Waals surface area contributed by atoms with Gasteiger partial charge in [0.1, 0.15) is 11.2 Å². The van der Waals surface area contributed by atoms with Crippen LogP contribution in [-0.2, 0) is 4.79 Å². The number of thiophene rings is 1. The molecule has 1 amide bonds. The van der Waals surface area contributed by atoms with Crippen LogP contribution in [0.15, 0.2) is 59.8 Å². The Labute approximate surface area is 215 Å². The lowest BCUT2D eigenvalue weighted by Crippen LogP contribution is -2.20. The molecule has 10 heteroatoms. The minimum Gasteiger partial charge on any atom is -0.337 e. The summed E-state index contributed by atoms with van der Waals surface area (Å²) in [6.07, 6.45) is 11.1. The Bertz CT molecular complexity index is 1750. The van der Waals surface area contributed by atoms with E-state index < -0.39 is 0 Å². The summed E-state index contributed by atoms with van der Waals surface area (Å²) < 4.78 is 0. The number of H-pyrrole nitrogens is 2. The van der Waals surface area contributed by atoms with E-state index in [-0.39, 0.29) is 11.8 Å². The van der Waals surface area contributed by atoms with Crippen LogP contribution in [0.3, 0.4) is 0 Å². The number of carbonyl (C=O) groups excluding carboxylic acids is 1. The van der Waals surface area contributed by atoms with Gasteiger partial charge in [-0.25, -0.2) is 9.97 Å². The normalized spacial score (nSPS) is 14.1. The molecule has 0 aromatic carbocycles. The predicted molar refractivity (Wildman–Crippen MR) is 144 cm³/mol. The van der Waals surface area contributed by atoms with Crippen LogP contribution in [0, 0.1) is 5.92 Å². The summed E-state index contributed by atoms with van der Waals surface area (Å²) in [7, 11) is 0. The summed E-state index contributed by atoms with van der Waals surface area (Å²) in [4.78, 5) is 34.4. The second-order valence-electron chi connectivity index (χ2n) is 9.28. The third kappa shape index (κ3) is 3.95. The van der Waals surface area contributed by atoms with Crippen molar-refractivity contribution < 1.29 is 4.79 Å². The smallest absolute Gasteiger partial charge is 0.227 e. The molecule has 7 rings (SSSR count). The van der Waals surface area contributed by atoms with Crippen LogP contribution >= 0.6 is 11.3 Å². The number of hydrogen-bond acceptors (Lipinski definition) is 7. The number of nitrogens with zero attached hydrogens (tertiary/aromatic N) is 5. The Morgan fingerprint density at radius 1 is 1.03 bits per heavy atom. The van der Waals surface area contributed by atoms with E-state index >= 15 is 0 Å². The van der Waals surface area contributed by atoms with E-state index in [0.29, 0.717) is 17.2 Å². The first-order valence-electron chi connectivity index (χ1n) is 12.2.